The third kappa shape index (κ3) is 4.92. The van der Waals surface area contributed by atoms with Crippen LogP contribution < -0.4 is 10.1 Å². The van der Waals surface area contributed by atoms with Crippen molar-refractivity contribution in [2.75, 3.05) is 5.32 Å². The Labute approximate surface area is 152 Å². The minimum absolute atomic E-state index is 0.557. The minimum atomic E-state index is 0.557. The van der Waals surface area contributed by atoms with Crippen molar-refractivity contribution in [3.8, 4) is 5.75 Å². The van der Waals surface area contributed by atoms with Crippen molar-refractivity contribution in [2.45, 2.75) is 13.2 Å². The van der Waals surface area contributed by atoms with E-state index in [-0.39, 0.29) is 0 Å². The van der Waals surface area contributed by atoms with Crippen molar-refractivity contribution < 1.29 is 4.74 Å². The van der Waals surface area contributed by atoms with Gasteiger partial charge in [0.05, 0.1) is 0 Å². The Bertz CT molecular complexity index is 785. The zero-order valence-electron chi connectivity index (χ0n) is 13.0. The van der Waals surface area contributed by atoms with Crippen LogP contribution in [0.3, 0.4) is 0 Å². The van der Waals surface area contributed by atoms with Crippen LogP contribution in [0.2, 0.25) is 10.0 Å². The standard InChI is InChI=1S/C20H17Cl2NO/c21-17-10-18(22)12-19(11-17)23-13-16-7-4-8-20(9-16)24-14-15-5-2-1-3-6-15/h1-12,23H,13-14H2. The lowest BCUT2D eigenvalue weighted by molar-refractivity contribution is 0.306. The largest absolute Gasteiger partial charge is 0.489 e. The van der Waals surface area contributed by atoms with Crippen molar-refractivity contribution in [2.24, 2.45) is 0 Å². The molecule has 1 N–H and O–H groups in total. The van der Waals surface area contributed by atoms with Gasteiger partial charge in [0, 0.05) is 22.3 Å². The number of nitrogens with one attached hydrogen (secondary N) is 1. The maximum Gasteiger partial charge on any atom is 0.120 e. The number of benzene rings is 3. The van der Waals surface area contributed by atoms with Crippen LogP contribution in [0.1, 0.15) is 11.1 Å². The molecular formula is C20H17Cl2NO. The molecule has 0 fully saturated rings. The second-order valence-corrected chi connectivity index (χ2v) is 6.31. The van der Waals surface area contributed by atoms with Crippen LogP contribution in [-0.4, -0.2) is 0 Å². The van der Waals surface area contributed by atoms with Crippen molar-refractivity contribution in [1.82, 2.24) is 0 Å². The molecule has 0 aromatic heterocycles. The second kappa shape index (κ2) is 8.09. The summed E-state index contributed by atoms with van der Waals surface area (Å²) in [4.78, 5) is 0. The first kappa shape index (κ1) is 16.7. The highest BCUT2D eigenvalue weighted by molar-refractivity contribution is 6.35. The Morgan fingerprint density at radius 2 is 1.46 bits per heavy atom. The van der Waals surface area contributed by atoms with Gasteiger partial charge in [0.1, 0.15) is 12.4 Å². The van der Waals surface area contributed by atoms with Gasteiger partial charge in [0.2, 0.25) is 0 Å². The molecule has 3 rings (SSSR count). The molecule has 3 aromatic carbocycles. The highest BCUT2D eigenvalue weighted by Crippen LogP contribution is 2.23. The monoisotopic (exact) mass is 357 g/mol. The average molecular weight is 358 g/mol. The van der Waals surface area contributed by atoms with Gasteiger partial charge in [-0.25, -0.2) is 0 Å². The topological polar surface area (TPSA) is 21.3 Å². The molecule has 2 nitrogen and oxygen atoms in total. The van der Waals surface area contributed by atoms with Crippen LogP contribution in [0, 0.1) is 0 Å². The lowest BCUT2D eigenvalue weighted by Crippen LogP contribution is -2.00. The summed E-state index contributed by atoms with van der Waals surface area (Å²) in [5.41, 5.74) is 3.16. The van der Waals surface area contributed by atoms with E-state index < -0.39 is 0 Å². The van der Waals surface area contributed by atoms with Gasteiger partial charge >= 0.3 is 0 Å². The highest BCUT2D eigenvalue weighted by Gasteiger charge is 2.01. The van der Waals surface area contributed by atoms with Crippen LogP contribution in [-0.2, 0) is 13.2 Å². The maximum absolute atomic E-state index is 6.01. The fourth-order valence-electron chi connectivity index (χ4n) is 2.35. The summed E-state index contributed by atoms with van der Waals surface area (Å²) in [6.07, 6.45) is 0. The SMILES string of the molecule is Clc1cc(Cl)cc(NCc2cccc(OCc3ccccc3)c2)c1. The highest BCUT2D eigenvalue weighted by atomic mass is 35.5. The number of anilines is 1. The summed E-state index contributed by atoms with van der Waals surface area (Å²) in [7, 11) is 0. The van der Waals surface area contributed by atoms with Gasteiger partial charge in [-0.05, 0) is 41.5 Å². The van der Waals surface area contributed by atoms with Gasteiger partial charge in [-0.2, -0.15) is 0 Å². The lowest BCUT2D eigenvalue weighted by atomic mass is 10.2. The van der Waals surface area contributed by atoms with E-state index >= 15 is 0 Å². The first-order chi connectivity index (χ1) is 11.7. The van der Waals surface area contributed by atoms with Crippen molar-refractivity contribution in [1.29, 1.82) is 0 Å². The Balaban J connectivity index is 1.60. The molecule has 0 saturated carbocycles. The molecule has 0 heterocycles. The molecule has 4 heteroatoms. The third-order valence-corrected chi connectivity index (χ3v) is 3.94. The summed E-state index contributed by atoms with van der Waals surface area (Å²) >= 11 is 12.0. The molecule has 0 unspecified atom stereocenters. The van der Waals surface area contributed by atoms with Crippen molar-refractivity contribution in [3.05, 3.63) is 94.0 Å². The molecule has 3 aromatic rings. The summed E-state index contributed by atoms with van der Waals surface area (Å²) < 4.78 is 5.85. The van der Waals surface area contributed by atoms with Crippen LogP contribution in [0.15, 0.2) is 72.8 Å². The quantitative estimate of drug-likeness (QED) is 0.568. The van der Waals surface area contributed by atoms with Crippen LogP contribution in [0.5, 0.6) is 5.75 Å². The predicted molar refractivity (Wildman–Crippen MR) is 101 cm³/mol. The fourth-order valence-corrected chi connectivity index (χ4v) is 2.87. The number of hydrogen-bond acceptors (Lipinski definition) is 2. The van der Waals surface area contributed by atoms with Gasteiger partial charge in [-0.15, -0.1) is 0 Å². The Morgan fingerprint density at radius 1 is 0.750 bits per heavy atom. The number of ether oxygens (including phenoxy) is 1. The maximum atomic E-state index is 6.01. The van der Waals surface area contributed by atoms with Gasteiger partial charge < -0.3 is 10.1 Å². The van der Waals surface area contributed by atoms with Crippen LogP contribution >= 0.6 is 23.2 Å². The van der Waals surface area contributed by atoms with E-state index in [2.05, 4.69) is 11.4 Å². The molecule has 0 aliphatic rings. The zero-order valence-corrected chi connectivity index (χ0v) is 14.5. The van der Waals surface area contributed by atoms with Gasteiger partial charge in [-0.3, -0.25) is 0 Å². The van der Waals surface area contributed by atoms with E-state index in [4.69, 9.17) is 27.9 Å². The molecular weight excluding hydrogens is 341 g/mol. The normalized spacial score (nSPS) is 10.4. The molecule has 0 spiro atoms. The third-order valence-electron chi connectivity index (χ3n) is 3.51. The van der Waals surface area contributed by atoms with E-state index in [1.807, 2.05) is 60.7 Å². The van der Waals surface area contributed by atoms with Crippen LogP contribution in [0.4, 0.5) is 5.69 Å². The van der Waals surface area contributed by atoms with Crippen molar-refractivity contribution >= 4 is 28.9 Å². The van der Waals surface area contributed by atoms with E-state index in [1.54, 1.807) is 6.07 Å². The minimum Gasteiger partial charge on any atom is -0.489 e. The molecule has 0 radical (unpaired) electrons. The first-order valence-electron chi connectivity index (χ1n) is 7.65. The average Bonchev–Trinajstić information content (AvgIpc) is 2.59. The van der Waals surface area contributed by atoms with E-state index in [0.29, 0.717) is 23.2 Å². The van der Waals surface area contributed by atoms with Crippen LogP contribution in [0.25, 0.3) is 0 Å². The molecule has 122 valence electrons. The second-order valence-electron chi connectivity index (χ2n) is 5.43. The Hall–Kier alpha value is -2.16. The van der Waals surface area contributed by atoms with E-state index in [9.17, 15) is 0 Å². The molecule has 0 saturated heterocycles. The molecule has 0 amide bonds. The summed E-state index contributed by atoms with van der Waals surface area (Å²) in [5, 5.41) is 4.55. The summed E-state index contributed by atoms with van der Waals surface area (Å²) in [6, 6.07) is 23.6. The molecule has 24 heavy (non-hydrogen) atoms. The van der Waals surface area contributed by atoms with Crippen molar-refractivity contribution in [3.63, 3.8) is 0 Å². The zero-order chi connectivity index (χ0) is 16.8. The van der Waals surface area contributed by atoms with E-state index in [1.165, 1.54) is 0 Å². The molecule has 0 aliphatic heterocycles. The van der Waals surface area contributed by atoms with E-state index in [0.717, 1.165) is 22.6 Å². The number of hydrogen-bond donors (Lipinski definition) is 1. The molecule has 0 aliphatic carbocycles. The number of rotatable bonds is 6. The van der Waals surface area contributed by atoms with Gasteiger partial charge in [0.15, 0.2) is 0 Å². The Morgan fingerprint density at radius 3 is 2.21 bits per heavy atom. The molecule has 0 bridgehead atoms. The first-order valence-corrected chi connectivity index (χ1v) is 8.40. The Kier molecular flexibility index (Phi) is 5.63. The molecule has 0 atom stereocenters. The van der Waals surface area contributed by atoms with Gasteiger partial charge in [0.25, 0.3) is 0 Å². The predicted octanol–water partition coefficient (Wildman–Crippen LogP) is 6.18. The smallest absolute Gasteiger partial charge is 0.120 e. The summed E-state index contributed by atoms with van der Waals surface area (Å²) in [6.45, 7) is 1.22. The van der Waals surface area contributed by atoms with Gasteiger partial charge in [-0.1, -0.05) is 65.7 Å². The lowest BCUT2D eigenvalue weighted by Gasteiger charge is -2.10. The summed E-state index contributed by atoms with van der Waals surface area (Å²) in [5.74, 6) is 0.849. The fraction of sp³-hybridized carbons (Fsp3) is 0.100. The number of halogens is 2.